The van der Waals surface area contributed by atoms with Crippen LogP contribution in [0.2, 0.25) is 0 Å². The fourth-order valence-electron chi connectivity index (χ4n) is 7.45. The summed E-state index contributed by atoms with van der Waals surface area (Å²) in [7, 11) is 0. The van der Waals surface area contributed by atoms with E-state index in [-0.39, 0.29) is 26.1 Å². The molecule has 0 aliphatic carbocycles. The summed E-state index contributed by atoms with van der Waals surface area (Å²) in [5, 5.41) is 71.8. The maximum absolute atomic E-state index is 12.9. The van der Waals surface area contributed by atoms with Gasteiger partial charge in [0, 0.05) is 12.8 Å². The Morgan fingerprint density at radius 3 is 1.32 bits per heavy atom. The predicted molar refractivity (Wildman–Crippen MR) is 220 cm³/mol. The first-order valence-electron chi connectivity index (χ1n) is 23.1. The molecule has 2 saturated heterocycles. The third kappa shape index (κ3) is 22.4. The lowest BCUT2D eigenvalue weighted by atomic mass is 9.98. The van der Waals surface area contributed by atoms with E-state index in [9.17, 15) is 45.3 Å². The number of carbonyl (C=O) groups is 2. The van der Waals surface area contributed by atoms with Crippen LogP contribution < -0.4 is 0 Å². The second kappa shape index (κ2) is 33.1. The van der Waals surface area contributed by atoms with E-state index in [1.54, 1.807) is 0 Å². The number of aliphatic hydroxyl groups is 7. The minimum atomic E-state index is -1.76. The molecule has 15 nitrogen and oxygen atoms in total. The Morgan fingerprint density at radius 2 is 0.864 bits per heavy atom. The van der Waals surface area contributed by atoms with Crippen LogP contribution in [0.3, 0.4) is 0 Å². The molecule has 0 aromatic rings. The largest absolute Gasteiger partial charge is 0.462 e. The number of carbonyl (C=O) groups excluding carboxylic acids is 2. The van der Waals surface area contributed by atoms with E-state index in [1.807, 2.05) is 0 Å². The van der Waals surface area contributed by atoms with Crippen LogP contribution in [0.25, 0.3) is 0 Å². The Morgan fingerprint density at radius 1 is 0.475 bits per heavy atom. The number of rotatable bonds is 35. The molecule has 0 amide bonds. The number of aliphatic hydroxyl groups excluding tert-OH is 7. The third-order valence-electron chi connectivity index (χ3n) is 11.3. The van der Waals surface area contributed by atoms with Crippen molar-refractivity contribution in [2.45, 2.75) is 242 Å². The van der Waals surface area contributed by atoms with Crippen LogP contribution in [0.1, 0.15) is 174 Å². The highest BCUT2D eigenvalue weighted by Crippen LogP contribution is 2.26. The van der Waals surface area contributed by atoms with Crippen LogP contribution in [-0.4, -0.2) is 142 Å². The van der Waals surface area contributed by atoms with Gasteiger partial charge in [0.15, 0.2) is 18.7 Å². The zero-order valence-electron chi connectivity index (χ0n) is 36.3. The molecule has 0 saturated carbocycles. The van der Waals surface area contributed by atoms with Crippen LogP contribution >= 0.6 is 0 Å². The van der Waals surface area contributed by atoms with Gasteiger partial charge < -0.3 is 64.2 Å². The lowest BCUT2D eigenvalue weighted by molar-refractivity contribution is -0.332. The molecule has 0 aromatic heterocycles. The lowest BCUT2D eigenvalue weighted by Crippen LogP contribution is -2.61. The summed E-state index contributed by atoms with van der Waals surface area (Å²) in [6.07, 6.45) is 10.0. The molecule has 348 valence electrons. The van der Waals surface area contributed by atoms with Crippen molar-refractivity contribution in [3.63, 3.8) is 0 Å². The van der Waals surface area contributed by atoms with Gasteiger partial charge in [-0.15, -0.1) is 0 Å². The molecule has 2 aliphatic rings. The zero-order valence-corrected chi connectivity index (χ0v) is 36.3. The summed E-state index contributed by atoms with van der Waals surface area (Å²) >= 11 is 0. The Hall–Kier alpha value is -1.50. The van der Waals surface area contributed by atoms with Crippen LogP contribution in [0.4, 0.5) is 0 Å². The predicted octanol–water partition coefficient (Wildman–Crippen LogP) is 4.87. The molecule has 2 fully saturated rings. The van der Waals surface area contributed by atoms with E-state index in [0.29, 0.717) is 12.8 Å². The standard InChI is InChI=1S/C44H82O15/c1-3-5-7-9-11-13-15-17-19-21-23-25-27-36(47)57-32(29-54-35(46)26-24-22-20-18-16-14-12-10-8-6-4-2)30-55-43-42(53)40(51)38(49)34(59-43)31-56-44-41(52)39(50)37(48)33(28-45)58-44/h32-34,37-45,48-53H,3-31H2,1-2H3/t32-,33-,34-,37+,38+,39?,40?,41?,42?,43-,44-/m1/s1. The molecule has 0 spiro atoms. The zero-order chi connectivity index (χ0) is 43.3. The highest BCUT2D eigenvalue weighted by atomic mass is 16.7. The molecule has 11 atom stereocenters. The smallest absolute Gasteiger partial charge is 0.306 e. The second-order valence-electron chi connectivity index (χ2n) is 16.6. The third-order valence-corrected chi connectivity index (χ3v) is 11.3. The van der Waals surface area contributed by atoms with Crippen LogP contribution in [0, 0.1) is 0 Å². The van der Waals surface area contributed by atoms with E-state index in [0.717, 1.165) is 38.5 Å². The monoisotopic (exact) mass is 851 g/mol. The number of unbranched alkanes of at least 4 members (excludes halogenated alkanes) is 21. The van der Waals surface area contributed by atoms with E-state index in [4.69, 9.17) is 28.4 Å². The molecular weight excluding hydrogens is 768 g/mol. The maximum Gasteiger partial charge on any atom is 0.306 e. The van der Waals surface area contributed by atoms with Crippen molar-refractivity contribution in [1.29, 1.82) is 0 Å². The second-order valence-corrected chi connectivity index (χ2v) is 16.6. The molecule has 7 N–H and O–H groups in total. The van der Waals surface area contributed by atoms with Gasteiger partial charge in [0.05, 0.1) is 19.8 Å². The molecule has 2 heterocycles. The van der Waals surface area contributed by atoms with Gasteiger partial charge in [-0.05, 0) is 12.8 Å². The van der Waals surface area contributed by atoms with Crippen molar-refractivity contribution in [2.24, 2.45) is 0 Å². The molecule has 0 aromatic carbocycles. The first-order chi connectivity index (χ1) is 28.5. The number of esters is 2. The summed E-state index contributed by atoms with van der Waals surface area (Å²) in [6, 6.07) is 0. The first kappa shape index (κ1) is 53.6. The molecule has 0 bridgehead atoms. The van der Waals surface area contributed by atoms with Crippen molar-refractivity contribution in [3.8, 4) is 0 Å². The number of hydrogen-bond acceptors (Lipinski definition) is 15. The van der Waals surface area contributed by atoms with E-state index in [1.165, 1.54) is 96.3 Å². The van der Waals surface area contributed by atoms with Gasteiger partial charge in [-0.3, -0.25) is 9.59 Å². The quantitative estimate of drug-likeness (QED) is 0.0333. The van der Waals surface area contributed by atoms with Gasteiger partial charge in [-0.1, -0.05) is 149 Å². The SMILES string of the molecule is CCCCCCCCCCCCCCC(=O)O[C@H](COC(=O)CCCCCCCCCCCCC)CO[C@@H]1O[C@H](CO[C@@H]2O[C@H](CO)[C@H](O)C(O)C2O)[C@H](O)C(O)C1O. The van der Waals surface area contributed by atoms with Gasteiger partial charge in [0.2, 0.25) is 0 Å². The fourth-order valence-corrected chi connectivity index (χ4v) is 7.45. The van der Waals surface area contributed by atoms with Crippen molar-refractivity contribution < 1.29 is 73.8 Å². The van der Waals surface area contributed by atoms with E-state index >= 15 is 0 Å². The van der Waals surface area contributed by atoms with E-state index in [2.05, 4.69) is 13.8 Å². The molecule has 15 heteroatoms. The van der Waals surface area contributed by atoms with Crippen LogP contribution in [0.15, 0.2) is 0 Å². The van der Waals surface area contributed by atoms with Crippen molar-refractivity contribution >= 4 is 11.9 Å². The molecule has 2 aliphatic heterocycles. The minimum Gasteiger partial charge on any atom is -0.462 e. The summed E-state index contributed by atoms with van der Waals surface area (Å²) in [5.41, 5.74) is 0. The van der Waals surface area contributed by atoms with E-state index < -0.39 is 92.7 Å². The van der Waals surface area contributed by atoms with Crippen molar-refractivity contribution in [2.75, 3.05) is 26.4 Å². The first-order valence-corrected chi connectivity index (χ1v) is 23.1. The Bertz CT molecular complexity index is 1050. The van der Waals surface area contributed by atoms with Gasteiger partial charge in [0.25, 0.3) is 0 Å². The summed E-state index contributed by atoms with van der Waals surface area (Å²) in [6.45, 7) is 2.57. The maximum atomic E-state index is 12.9. The fraction of sp³-hybridized carbons (Fsp3) is 0.955. The van der Waals surface area contributed by atoms with Gasteiger partial charge in [-0.25, -0.2) is 0 Å². The average Bonchev–Trinajstić information content (AvgIpc) is 3.23. The topological polar surface area (TPSA) is 231 Å². The molecule has 0 radical (unpaired) electrons. The van der Waals surface area contributed by atoms with Crippen molar-refractivity contribution in [1.82, 2.24) is 0 Å². The van der Waals surface area contributed by atoms with Crippen molar-refractivity contribution in [3.05, 3.63) is 0 Å². The van der Waals surface area contributed by atoms with Crippen LogP contribution in [0.5, 0.6) is 0 Å². The normalized spacial score (nSPS) is 27.7. The summed E-state index contributed by atoms with van der Waals surface area (Å²) in [5.74, 6) is -0.917. The average molecular weight is 851 g/mol. The van der Waals surface area contributed by atoms with Crippen LogP contribution in [-0.2, 0) is 38.0 Å². The van der Waals surface area contributed by atoms with Gasteiger partial charge in [-0.2, -0.15) is 0 Å². The highest BCUT2D eigenvalue weighted by Gasteiger charge is 2.47. The molecule has 59 heavy (non-hydrogen) atoms. The summed E-state index contributed by atoms with van der Waals surface area (Å²) < 4.78 is 33.4. The number of hydrogen-bond donors (Lipinski definition) is 7. The van der Waals surface area contributed by atoms with Gasteiger partial charge >= 0.3 is 11.9 Å². The van der Waals surface area contributed by atoms with Gasteiger partial charge in [0.1, 0.15) is 55.4 Å². The molecule has 4 unspecified atom stereocenters. The minimum absolute atomic E-state index is 0.172. The Balaban J connectivity index is 1.85. The Labute approximate surface area is 353 Å². The highest BCUT2D eigenvalue weighted by molar-refractivity contribution is 5.70. The summed E-state index contributed by atoms with van der Waals surface area (Å²) in [4.78, 5) is 25.6. The Kier molecular flexibility index (Phi) is 30.1. The number of ether oxygens (including phenoxy) is 6. The lowest BCUT2D eigenvalue weighted by Gasteiger charge is -2.42. The molecule has 2 rings (SSSR count). The molecular formula is C44H82O15.